The SMILES string of the molecule is CCCCCCCC(=O)NCCOC1CCNCC1. The molecule has 0 bridgehead atoms. The maximum atomic E-state index is 11.6. The van der Waals surface area contributed by atoms with Crippen molar-refractivity contribution in [1.29, 1.82) is 0 Å². The van der Waals surface area contributed by atoms with Gasteiger partial charge in [0.05, 0.1) is 12.7 Å². The molecule has 0 aromatic rings. The minimum absolute atomic E-state index is 0.172. The van der Waals surface area contributed by atoms with Crippen molar-refractivity contribution in [2.75, 3.05) is 26.2 Å². The fourth-order valence-corrected chi connectivity index (χ4v) is 2.36. The molecule has 1 saturated heterocycles. The highest BCUT2D eigenvalue weighted by atomic mass is 16.5. The Morgan fingerprint density at radius 2 is 1.95 bits per heavy atom. The number of piperidine rings is 1. The van der Waals surface area contributed by atoms with E-state index in [9.17, 15) is 4.79 Å². The van der Waals surface area contributed by atoms with Crippen LogP contribution in [0.4, 0.5) is 0 Å². The lowest BCUT2D eigenvalue weighted by atomic mass is 10.1. The number of nitrogens with one attached hydrogen (secondary N) is 2. The zero-order chi connectivity index (χ0) is 13.8. The van der Waals surface area contributed by atoms with Gasteiger partial charge in [-0.3, -0.25) is 4.79 Å². The third-order valence-corrected chi connectivity index (χ3v) is 3.57. The van der Waals surface area contributed by atoms with Gasteiger partial charge in [0.1, 0.15) is 0 Å². The van der Waals surface area contributed by atoms with E-state index in [4.69, 9.17) is 4.74 Å². The Morgan fingerprint density at radius 1 is 1.21 bits per heavy atom. The molecule has 1 amide bonds. The topological polar surface area (TPSA) is 50.4 Å². The Hall–Kier alpha value is -0.610. The maximum Gasteiger partial charge on any atom is 0.220 e. The van der Waals surface area contributed by atoms with Crippen LogP contribution in [0, 0.1) is 0 Å². The quantitative estimate of drug-likeness (QED) is 0.599. The third kappa shape index (κ3) is 9.00. The maximum absolute atomic E-state index is 11.6. The molecule has 0 aromatic carbocycles. The van der Waals surface area contributed by atoms with E-state index in [1.54, 1.807) is 0 Å². The fraction of sp³-hybridized carbons (Fsp3) is 0.933. The summed E-state index contributed by atoms with van der Waals surface area (Å²) in [7, 11) is 0. The van der Waals surface area contributed by atoms with Crippen LogP contribution in [0.3, 0.4) is 0 Å². The normalized spacial score (nSPS) is 16.5. The first-order valence-electron chi connectivity index (χ1n) is 7.92. The van der Waals surface area contributed by atoms with Crippen molar-refractivity contribution in [3.8, 4) is 0 Å². The largest absolute Gasteiger partial charge is 0.376 e. The second-order valence-electron chi connectivity index (χ2n) is 5.33. The molecule has 2 N–H and O–H groups in total. The Bertz CT molecular complexity index is 228. The van der Waals surface area contributed by atoms with Crippen molar-refractivity contribution in [3.63, 3.8) is 0 Å². The van der Waals surface area contributed by atoms with Crippen LogP contribution in [0.15, 0.2) is 0 Å². The van der Waals surface area contributed by atoms with Gasteiger partial charge in [0.2, 0.25) is 5.91 Å². The molecule has 4 nitrogen and oxygen atoms in total. The molecule has 0 aliphatic carbocycles. The van der Waals surface area contributed by atoms with E-state index >= 15 is 0 Å². The Labute approximate surface area is 117 Å². The number of hydrogen-bond donors (Lipinski definition) is 2. The molecule has 0 unspecified atom stereocenters. The van der Waals surface area contributed by atoms with E-state index in [0.717, 1.165) is 32.4 Å². The van der Waals surface area contributed by atoms with E-state index in [1.165, 1.54) is 25.7 Å². The van der Waals surface area contributed by atoms with E-state index in [1.807, 2.05) is 0 Å². The molecule has 1 aliphatic rings. The molecule has 0 aromatic heterocycles. The molecule has 1 aliphatic heterocycles. The van der Waals surface area contributed by atoms with Crippen LogP contribution in [0.1, 0.15) is 58.3 Å². The monoisotopic (exact) mass is 270 g/mol. The second kappa shape index (κ2) is 11.2. The highest BCUT2D eigenvalue weighted by molar-refractivity contribution is 5.75. The number of carbonyl (C=O) groups excluding carboxylic acids is 1. The zero-order valence-corrected chi connectivity index (χ0v) is 12.4. The van der Waals surface area contributed by atoms with Crippen LogP contribution in [0.2, 0.25) is 0 Å². The van der Waals surface area contributed by atoms with Gasteiger partial charge in [-0.05, 0) is 32.4 Å². The van der Waals surface area contributed by atoms with Crippen LogP contribution >= 0.6 is 0 Å². The lowest BCUT2D eigenvalue weighted by Crippen LogP contribution is -2.34. The third-order valence-electron chi connectivity index (χ3n) is 3.57. The summed E-state index contributed by atoms with van der Waals surface area (Å²) < 4.78 is 5.74. The number of rotatable bonds is 10. The molecule has 0 saturated carbocycles. The van der Waals surface area contributed by atoms with Crippen molar-refractivity contribution in [3.05, 3.63) is 0 Å². The lowest BCUT2D eigenvalue weighted by Gasteiger charge is -2.22. The van der Waals surface area contributed by atoms with Crippen molar-refractivity contribution in [2.24, 2.45) is 0 Å². The summed E-state index contributed by atoms with van der Waals surface area (Å²) in [4.78, 5) is 11.6. The number of ether oxygens (including phenoxy) is 1. The smallest absolute Gasteiger partial charge is 0.220 e. The highest BCUT2D eigenvalue weighted by Crippen LogP contribution is 2.06. The first-order valence-corrected chi connectivity index (χ1v) is 7.92. The summed E-state index contributed by atoms with van der Waals surface area (Å²) >= 11 is 0. The van der Waals surface area contributed by atoms with Crippen LogP contribution < -0.4 is 10.6 Å². The van der Waals surface area contributed by atoms with Gasteiger partial charge in [0.25, 0.3) is 0 Å². The van der Waals surface area contributed by atoms with E-state index in [2.05, 4.69) is 17.6 Å². The zero-order valence-electron chi connectivity index (χ0n) is 12.4. The molecule has 0 radical (unpaired) electrons. The van der Waals surface area contributed by atoms with Gasteiger partial charge in [-0.15, -0.1) is 0 Å². The predicted octanol–water partition coefficient (Wildman–Crippen LogP) is 2.23. The Balaban J connectivity index is 1.86. The van der Waals surface area contributed by atoms with Gasteiger partial charge in [0.15, 0.2) is 0 Å². The molecule has 1 fully saturated rings. The number of amides is 1. The fourth-order valence-electron chi connectivity index (χ4n) is 2.36. The summed E-state index contributed by atoms with van der Waals surface area (Å²) in [6, 6.07) is 0. The summed E-state index contributed by atoms with van der Waals surface area (Å²) in [6.07, 6.45) is 9.20. The predicted molar refractivity (Wildman–Crippen MR) is 78.2 cm³/mol. The average molecular weight is 270 g/mol. The number of hydrogen-bond acceptors (Lipinski definition) is 3. The molecule has 0 spiro atoms. The van der Waals surface area contributed by atoms with Crippen molar-refractivity contribution < 1.29 is 9.53 Å². The average Bonchev–Trinajstić information content (AvgIpc) is 2.44. The molecule has 4 heteroatoms. The first kappa shape index (κ1) is 16.4. The molecule has 1 heterocycles. The van der Waals surface area contributed by atoms with Gasteiger partial charge >= 0.3 is 0 Å². The first-order chi connectivity index (χ1) is 9.33. The minimum atomic E-state index is 0.172. The van der Waals surface area contributed by atoms with Gasteiger partial charge < -0.3 is 15.4 Å². The van der Waals surface area contributed by atoms with Gasteiger partial charge in [-0.1, -0.05) is 32.6 Å². The Morgan fingerprint density at radius 3 is 2.68 bits per heavy atom. The van der Waals surface area contributed by atoms with Gasteiger partial charge in [-0.2, -0.15) is 0 Å². The van der Waals surface area contributed by atoms with Gasteiger partial charge in [0, 0.05) is 13.0 Å². The van der Waals surface area contributed by atoms with Crippen molar-refractivity contribution in [1.82, 2.24) is 10.6 Å². The minimum Gasteiger partial charge on any atom is -0.376 e. The molecule has 19 heavy (non-hydrogen) atoms. The van der Waals surface area contributed by atoms with Crippen molar-refractivity contribution in [2.45, 2.75) is 64.4 Å². The van der Waals surface area contributed by atoms with E-state index in [-0.39, 0.29) is 5.91 Å². The molecule has 0 atom stereocenters. The van der Waals surface area contributed by atoms with Crippen molar-refractivity contribution >= 4 is 5.91 Å². The standard InChI is InChI=1S/C15H30N2O2/c1-2-3-4-5-6-7-15(18)17-12-13-19-14-8-10-16-11-9-14/h14,16H,2-13H2,1H3,(H,17,18). The summed E-state index contributed by atoms with van der Waals surface area (Å²) in [5.41, 5.74) is 0. The van der Waals surface area contributed by atoms with E-state index in [0.29, 0.717) is 25.7 Å². The summed E-state index contributed by atoms with van der Waals surface area (Å²) in [5.74, 6) is 0.172. The molecular formula is C15H30N2O2. The number of unbranched alkanes of at least 4 members (excludes halogenated alkanes) is 4. The van der Waals surface area contributed by atoms with Crippen LogP contribution in [0.5, 0.6) is 0 Å². The molecule has 1 rings (SSSR count). The summed E-state index contributed by atoms with van der Waals surface area (Å²) in [5, 5.41) is 6.24. The summed E-state index contributed by atoms with van der Waals surface area (Å²) in [6.45, 7) is 5.60. The van der Waals surface area contributed by atoms with Gasteiger partial charge in [-0.25, -0.2) is 0 Å². The lowest BCUT2D eigenvalue weighted by molar-refractivity contribution is -0.121. The second-order valence-corrected chi connectivity index (χ2v) is 5.33. The molecular weight excluding hydrogens is 240 g/mol. The highest BCUT2D eigenvalue weighted by Gasteiger charge is 2.12. The van der Waals surface area contributed by atoms with Crippen LogP contribution in [-0.2, 0) is 9.53 Å². The van der Waals surface area contributed by atoms with E-state index < -0.39 is 0 Å². The van der Waals surface area contributed by atoms with Crippen LogP contribution in [-0.4, -0.2) is 38.3 Å². The van der Waals surface area contributed by atoms with Crippen LogP contribution in [0.25, 0.3) is 0 Å². The molecule has 112 valence electrons. The number of carbonyl (C=O) groups is 1. The Kier molecular flexibility index (Phi) is 9.72.